The second-order valence-electron chi connectivity index (χ2n) is 5.94. The van der Waals surface area contributed by atoms with E-state index in [4.69, 9.17) is 4.74 Å². The van der Waals surface area contributed by atoms with Gasteiger partial charge in [-0.3, -0.25) is 9.48 Å². The van der Waals surface area contributed by atoms with E-state index in [1.807, 2.05) is 31.8 Å². The molecule has 17 heavy (non-hydrogen) atoms. The van der Waals surface area contributed by atoms with Gasteiger partial charge in [-0.25, -0.2) is 0 Å². The average Bonchev–Trinajstić information content (AvgIpc) is 2.74. The van der Waals surface area contributed by atoms with E-state index in [-0.39, 0.29) is 11.0 Å². The molecule has 2 heterocycles. The number of ether oxygens (including phenoxy) is 1. The lowest BCUT2D eigenvalue weighted by Gasteiger charge is -2.40. The molecular weight excluding hydrogens is 216 g/mol. The van der Waals surface area contributed by atoms with E-state index >= 15 is 0 Å². The maximum Gasteiger partial charge on any atom is 0.138 e. The Bertz CT molecular complexity index is 490. The van der Waals surface area contributed by atoms with Gasteiger partial charge in [0, 0.05) is 30.6 Å². The van der Waals surface area contributed by atoms with E-state index < -0.39 is 0 Å². The maximum atomic E-state index is 11.9. The molecule has 1 atom stereocenters. The molecule has 1 aromatic heterocycles. The number of fused-ring (bicyclic) bond motifs is 2. The number of carbonyl (C=O) groups is 1. The smallest absolute Gasteiger partial charge is 0.138 e. The Labute approximate surface area is 101 Å². The van der Waals surface area contributed by atoms with Crippen molar-refractivity contribution in [2.45, 2.75) is 45.3 Å². The van der Waals surface area contributed by atoms with Crippen molar-refractivity contribution in [3.8, 4) is 0 Å². The first-order valence-electron chi connectivity index (χ1n) is 6.13. The van der Waals surface area contributed by atoms with Gasteiger partial charge >= 0.3 is 0 Å². The Kier molecular flexibility index (Phi) is 2.06. The van der Waals surface area contributed by atoms with Crippen LogP contribution in [0.5, 0.6) is 0 Å². The van der Waals surface area contributed by atoms with Crippen LogP contribution >= 0.6 is 0 Å². The van der Waals surface area contributed by atoms with Crippen LogP contribution in [0.25, 0.3) is 0 Å². The predicted octanol–water partition coefficient (Wildman–Crippen LogP) is 1.92. The first-order valence-corrected chi connectivity index (χ1v) is 6.13. The van der Waals surface area contributed by atoms with Crippen molar-refractivity contribution < 1.29 is 9.53 Å². The molecule has 1 spiro atoms. The van der Waals surface area contributed by atoms with Crippen molar-refractivity contribution in [3.05, 3.63) is 17.5 Å². The SMILES string of the molecule is Cn1cc2c(n1)C1(CCC(=O)C(C)(C)C1)OC2. The van der Waals surface area contributed by atoms with Gasteiger partial charge in [-0.1, -0.05) is 13.8 Å². The van der Waals surface area contributed by atoms with Crippen LogP contribution in [0.3, 0.4) is 0 Å². The van der Waals surface area contributed by atoms with Crippen molar-refractivity contribution in [1.82, 2.24) is 9.78 Å². The number of nitrogens with zero attached hydrogens (tertiary/aromatic N) is 2. The Balaban J connectivity index is 2.01. The van der Waals surface area contributed by atoms with Crippen molar-refractivity contribution in [1.29, 1.82) is 0 Å². The number of carbonyl (C=O) groups excluding carboxylic acids is 1. The standard InChI is InChI=1S/C13H18N2O2/c1-12(2)8-13(5-4-10(12)16)11-9(7-17-13)6-15(3)14-11/h6H,4-5,7-8H2,1-3H3. The number of ketones is 1. The molecule has 1 aliphatic heterocycles. The summed E-state index contributed by atoms with van der Waals surface area (Å²) in [5.74, 6) is 0.344. The summed E-state index contributed by atoms with van der Waals surface area (Å²) >= 11 is 0. The van der Waals surface area contributed by atoms with Crippen LogP contribution in [0.2, 0.25) is 0 Å². The molecule has 1 aliphatic carbocycles. The van der Waals surface area contributed by atoms with Crippen molar-refractivity contribution in [2.24, 2.45) is 12.5 Å². The molecule has 0 bridgehead atoms. The lowest BCUT2D eigenvalue weighted by Crippen LogP contribution is -2.42. The summed E-state index contributed by atoms with van der Waals surface area (Å²) in [6.45, 7) is 4.66. The fourth-order valence-electron chi connectivity index (χ4n) is 3.19. The largest absolute Gasteiger partial charge is 0.364 e. The summed E-state index contributed by atoms with van der Waals surface area (Å²) in [6.07, 6.45) is 4.15. The summed E-state index contributed by atoms with van der Waals surface area (Å²) in [7, 11) is 1.94. The van der Waals surface area contributed by atoms with Crippen LogP contribution in [0.4, 0.5) is 0 Å². The second-order valence-corrected chi connectivity index (χ2v) is 5.94. The molecule has 92 valence electrons. The highest BCUT2D eigenvalue weighted by Crippen LogP contribution is 2.50. The molecule has 1 aromatic rings. The summed E-state index contributed by atoms with van der Waals surface area (Å²) in [6, 6.07) is 0. The van der Waals surface area contributed by atoms with Crippen LogP contribution in [0.15, 0.2) is 6.20 Å². The molecule has 0 aromatic carbocycles. The quantitative estimate of drug-likeness (QED) is 0.689. The monoisotopic (exact) mass is 234 g/mol. The molecule has 0 saturated heterocycles. The van der Waals surface area contributed by atoms with Crippen molar-refractivity contribution >= 4 is 5.78 Å². The Morgan fingerprint density at radius 1 is 1.47 bits per heavy atom. The highest BCUT2D eigenvalue weighted by atomic mass is 16.5. The van der Waals surface area contributed by atoms with Crippen LogP contribution < -0.4 is 0 Å². The first-order chi connectivity index (χ1) is 7.93. The molecule has 4 nitrogen and oxygen atoms in total. The van der Waals surface area contributed by atoms with Gasteiger partial charge in [0.15, 0.2) is 0 Å². The third-order valence-corrected chi connectivity index (χ3v) is 4.08. The molecule has 1 saturated carbocycles. The summed E-state index contributed by atoms with van der Waals surface area (Å²) in [5.41, 5.74) is 1.63. The third kappa shape index (κ3) is 1.47. The maximum absolute atomic E-state index is 11.9. The number of aromatic nitrogens is 2. The zero-order chi connectivity index (χ0) is 12.3. The van der Waals surface area contributed by atoms with E-state index in [0.29, 0.717) is 18.8 Å². The number of aryl methyl sites for hydroxylation is 1. The predicted molar refractivity (Wildman–Crippen MR) is 62.3 cm³/mol. The zero-order valence-electron chi connectivity index (χ0n) is 10.6. The minimum absolute atomic E-state index is 0.294. The van der Waals surface area contributed by atoms with Crippen LogP contribution in [0, 0.1) is 5.41 Å². The summed E-state index contributed by atoms with van der Waals surface area (Å²) in [5, 5.41) is 4.54. The molecule has 1 unspecified atom stereocenters. The second kappa shape index (κ2) is 3.19. The lowest BCUT2D eigenvalue weighted by atomic mass is 9.68. The Morgan fingerprint density at radius 3 is 2.94 bits per heavy atom. The summed E-state index contributed by atoms with van der Waals surface area (Å²) in [4.78, 5) is 11.9. The van der Waals surface area contributed by atoms with Gasteiger partial charge in [-0.2, -0.15) is 5.10 Å². The van der Waals surface area contributed by atoms with E-state index in [9.17, 15) is 4.79 Å². The zero-order valence-corrected chi connectivity index (χ0v) is 10.6. The van der Waals surface area contributed by atoms with Gasteiger partial charge in [-0.05, 0) is 12.8 Å². The summed E-state index contributed by atoms with van der Waals surface area (Å²) < 4.78 is 7.85. The molecule has 4 heteroatoms. The molecule has 3 rings (SSSR count). The van der Waals surface area contributed by atoms with Crippen molar-refractivity contribution in [3.63, 3.8) is 0 Å². The molecule has 0 amide bonds. The molecule has 1 fully saturated rings. The highest BCUT2D eigenvalue weighted by molar-refractivity contribution is 5.85. The van der Waals surface area contributed by atoms with Gasteiger partial charge in [0.1, 0.15) is 11.4 Å². The Hall–Kier alpha value is -1.16. The average molecular weight is 234 g/mol. The highest BCUT2D eigenvalue weighted by Gasteiger charge is 2.51. The number of hydrogen-bond acceptors (Lipinski definition) is 3. The minimum Gasteiger partial charge on any atom is -0.364 e. The van der Waals surface area contributed by atoms with E-state index in [2.05, 4.69) is 5.10 Å². The molecular formula is C13H18N2O2. The fourth-order valence-corrected chi connectivity index (χ4v) is 3.19. The van der Waals surface area contributed by atoms with E-state index in [0.717, 1.165) is 18.5 Å². The first kappa shape index (κ1) is 11.0. The van der Waals surface area contributed by atoms with Crippen LogP contribution in [-0.2, 0) is 28.8 Å². The normalized spacial score (nSPS) is 30.9. The van der Waals surface area contributed by atoms with Gasteiger partial charge < -0.3 is 4.74 Å². The van der Waals surface area contributed by atoms with Gasteiger partial charge in [0.25, 0.3) is 0 Å². The number of Topliss-reactive ketones (excluding diaryl/α,β-unsaturated/α-hetero) is 1. The van der Waals surface area contributed by atoms with Gasteiger partial charge in [-0.15, -0.1) is 0 Å². The van der Waals surface area contributed by atoms with E-state index in [1.54, 1.807) is 0 Å². The van der Waals surface area contributed by atoms with E-state index in [1.165, 1.54) is 5.56 Å². The topological polar surface area (TPSA) is 44.1 Å². The van der Waals surface area contributed by atoms with Crippen molar-refractivity contribution in [2.75, 3.05) is 0 Å². The van der Waals surface area contributed by atoms with Crippen LogP contribution in [0.1, 0.15) is 44.4 Å². The molecule has 0 N–H and O–H groups in total. The van der Waals surface area contributed by atoms with Gasteiger partial charge in [0.05, 0.1) is 12.3 Å². The molecule has 0 radical (unpaired) electrons. The Morgan fingerprint density at radius 2 is 2.24 bits per heavy atom. The van der Waals surface area contributed by atoms with Gasteiger partial charge in [0.2, 0.25) is 0 Å². The number of rotatable bonds is 0. The fraction of sp³-hybridized carbons (Fsp3) is 0.692. The number of hydrogen-bond donors (Lipinski definition) is 0. The minimum atomic E-state index is -0.312. The van der Waals surface area contributed by atoms with Crippen LogP contribution in [-0.4, -0.2) is 15.6 Å². The lowest BCUT2D eigenvalue weighted by molar-refractivity contribution is -0.145. The molecule has 2 aliphatic rings. The third-order valence-electron chi connectivity index (χ3n) is 4.08.